The van der Waals surface area contributed by atoms with Crippen LogP contribution in [-0.4, -0.2) is 60.7 Å². The van der Waals surface area contributed by atoms with Crippen LogP contribution >= 0.6 is 0 Å². The quantitative estimate of drug-likeness (QED) is 0.751. The van der Waals surface area contributed by atoms with Crippen LogP contribution in [0.4, 0.5) is 11.6 Å². The molecule has 1 saturated heterocycles. The van der Waals surface area contributed by atoms with Gasteiger partial charge in [0.1, 0.15) is 18.0 Å². The maximum Gasteiger partial charge on any atom is 0.306 e. The third kappa shape index (κ3) is 3.78. The van der Waals surface area contributed by atoms with Crippen molar-refractivity contribution in [1.82, 2.24) is 14.9 Å². The Kier molecular flexibility index (Phi) is 4.51. The van der Waals surface area contributed by atoms with E-state index in [-0.39, 0.29) is 5.97 Å². The number of rotatable bonds is 4. The SMILES string of the molecule is COC(=O)CCN1CCN(c2cc(N)ncn2)CC1. The van der Waals surface area contributed by atoms with Gasteiger partial charge in [-0.2, -0.15) is 0 Å². The first-order valence-electron chi connectivity index (χ1n) is 6.30. The van der Waals surface area contributed by atoms with Crippen molar-refractivity contribution in [3.05, 3.63) is 12.4 Å². The number of nitrogen functional groups attached to an aromatic ring is 1. The fourth-order valence-electron chi connectivity index (χ4n) is 2.09. The Morgan fingerprint density at radius 1 is 1.37 bits per heavy atom. The first kappa shape index (κ1) is 13.5. The van der Waals surface area contributed by atoms with Crippen molar-refractivity contribution in [2.75, 3.05) is 50.5 Å². The summed E-state index contributed by atoms with van der Waals surface area (Å²) in [4.78, 5) is 23.6. The van der Waals surface area contributed by atoms with E-state index in [0.29, 0.717) is 12.2 Å². The van der Waals surface area contributed by atoms with Gasteiger partial charge in [-0.05, 0) is 0 Å². The minimum Gasteiger partial charge on any atom is -0.469 e. The van der Waals surface area contributed by atoms with Crippen LogP contribution in [0.5, 0.6) is 0 Å². The summed E-state index contributed by atoms with van der Waals surface area (Å²) in [5.41, 5.74) is 5.65. The summed E-state index contributed by atoms with van der Waals surface area (Å²) in [7, 11) is 1.42. The second kappa shape index (κ2) is 6.33. The lowest BCUT2D eigenvalue weighted by Crippen LogP contribution is -2.47. The van der Waals surface area contributed by atoms with Crippen LogP contribution in [0.1, 0.15) is 6.42 Å². The van der Waals surface area contributed by atoms with Gasteiger partial charge < -0.3 is 15.4 Å². The average molecular weight is 265 g/mol. The molecule has 0 saturated carbocycles. The monoisotopic (exact) mass is 265 g/mol. The summed E-state index contributed by atoms with van der Waals surface area (Å²) >= 11 is 0. The standard InChI is InChI=1S/C12H19N5O2/c1-19-12(18)2-3-16-4-6-17(7-5-16)11-8-10(13)14-9-15-11/h8-9H,2-7H2,1H3,(H2,13,14,15). The molecule has 0 bridgehead atoms. The topological polar surface area (TPSA) is 84.6 Å². The van der Waals surface area contributed by atoms with Crippen molar-refractivity contribution >= 4 is 17.6 Å². The van der Waals surface area contributed by atoms with E-state index in [1.807, 2.05) is 0 Å². The first-order chi connectivity index (χ1) is 9.19. The van der Waals surface area contributed by atoms with E-state index in [1.54, 1.807) is 6.07 Å². The van der Waals surface area contributed by atoms with Gasteiger partial charge >= 0.3 is 5.97 Å². The molecule has 1 aliphatic rings. The van der Waals surface area contributed by atoms with Crippen molar-refractivity contribution in [2.45, 2.75) is 6.42 Å². The van der Waals surface area contributed by atoms with E-state index in [0.717, 1.165) is 38.5 Å². The van der Waals surface area contributed by atoms with Crippen LogP contribution in [-0.2, 0) is 9.53 Å². The molecule has 0 aromatic carbocycles. The van der Waals surface area contributed by atoms with Crippen LogP contribution in [0, 0.1) is 0 Å². The van der Waals surface area contributed by atoms with E-state index < -0.39 is 0 Å². The minimum absolute atomic E-state index is 0.161. The van der Waals surface area contributed by atoms with Crippen molar-refractivity contribution in [3.8, 4) is 0 Å². The Morgan fingerprint density at radius 3 is 2.74 bits per heavy atom. The highest BCUT2D eigenvalue weighted by Crippen LogP contribution is 2.14. The molecule has 2 heterocycles. The second-order valence-electron chi connectivity index (χ2n) is 4.46. The highest BCUT2D eigenvalue weighted by atomic mass is 16.5. The smallest absolute Gasteiger partial charge is 0.306 e. The summed E-state index contributed by atoms with van der Waals surface area (Å²) in [5.74, 6) is 1.18. The Labute approximate surface area is 112 Å². The normalized spacial score (nSPS) is 16.4. The number of nitrogens with zero attached hydrogens (tertiary/aromatic N) is 4. The Balaban J connectivity index is 1.81. The van der Waals surface area contributed by atoms with Crippen molar-refractivity contribution in [3.63, 3.8) is 0 Å². The predicted molar refractivity (Wildman–Crippen MR) is 71.7 cm³/mol. The molecule has 2 rings (SSSR count). The van der Waals surface area contributed by atoms with E-state index in [9.17, 15) is 4.79 Å². The first-order valence-corrected chi connectivity index (χ1v) is 6.30. The van der Waals surface area contributed by atoms with Gasteiger partial charge in [-0.3, -0.25) is 9.69 Å². The number of esters is 1. The summed E-state index contributed by atoms with van der Waals surface area (Å²) in [6, 6.07) is 1.78. The Hall–Kier alpha value is -1.89. The lowest BCUT2D eigenvalue weighted by Gasteiger charge is -2.35. The number of carbonyl (C=O) groups excluding carboxylic acids is 1. The minimum atomic E-state index is -0.161. The van der Waals surface area contributed by atoms with Crippen LogP contribution in [0.25, 0.3) is 0 Å². The van der Waals surface area contributed by atoms with E-state index in [2.05, 4.69) is 24.5 Å². The molecule has 104 valence electrons. The van der Waals surface area contributed by atoms with Gasteiger partial charge in [0, 0.05) is 38.8 Å². The zero-order valence-electron chi connectivity index (χ0n) is 11.1. The molecule has 1 aliphatic heterocycles. The van der Waals surface area contributed by atoms with E-state index in [1.165, 1.54) is 13.4 Å². The molecule has 0 unspecified atom stereocenters. The largest absolute Gasteiger partial charge is 0.469 e. The van der Waals surface area contributed by atoms with Crippen LogP contribution in [0.15, 0.2) is 12.4 Å². The molecule has 0 atom stereocenters. The van der Waals surface area contributed by atoms with Crippen molar-refractivity contribution < 1.29 is 9.53 Å². The lowest BCUT2D eigenvalue weighted by atomic mass is 10.3. The number of hydrogen-bond acceptors (Lipinski definition) is 7. The molecule has 1 fully saturated rings. The van der Waals surface area contributed by atoms with Gasteiger partial charge in [-0.1, -0.05) is 0 Å². The third-order valence-electron chi connectivity index (χ3n) is 3.23. The molecule has 1 aromatic heterocycles. The molecule has 0 radical (unpaired) electrons. The van der Waals surface area contributed by atoms with Crippen LogP contribution < -0.4 is 10.6 Å². The van der Waals surface area contributed by atoms with Crippen LogP contribution in [0.3, 0.4) is 0 Å². The molecule has 1 aromatic rings. The molecule has 0 spiro atoms. The third-order valence-corrected chi connectivity index (χ3v) is 3.23. The zero-order chi connectivity index (χ0) is 13.7. The molecule has 2 N–H and O–H groups in total. The van der Waals surface area contributed by atoms with Gasteiger partial charge in [0.2, 0.25) is 0 Å². The van der Waals surface area contributed by atoms with Gasteiger partial charge in [0.05, 0.1) is 13.5 Å². The van der Waals surface area contributed by atoms with E-state index in [4.69, 9.17) is 5.73 Å². The number of methoxy groups -OCH3 is 1. The zero-order valence-corrected chi connectivity index (χ0v) is 11.1. The molecule has 19 heavy (non-hydrogen) atoms. The molecule has 7 nitrogen and oxygen atoms in total. The van der Waals surface area contributed by atoms with Gasteiger partial charge in [-0.15, -0.1) is 0 Å². The number of piperazine rings is 1. The Morgan fingerprint density at radius 2 is 2.11 bits per heavy atom. The second-order valence-corrected chi connectivity index (χ2v) is 4.46. The van der Waals surface area contributed by atoms with Crippen molar-refractivity contribution in [1.29, 1.82) is 0 Å². The maximum absolute atomic E-state index is 11.1. The highest BCUT2D eigenvalue weighted by molar-refractivity contribution is 5.69. The number of aromatic nitrogens is 2. The molecule has 0 amide bonds. The van der Waals surface area contributed by atoms with Crippen molar-refractivity contribution in [2.24, 2.45) is 0 Å². The number of nitrogens with two attached hydrogens (primary N) is 1. The Bertz CT molecular complexity index is 432. The summed E-state index contributed by atoms with van der Waals surface area (Å²) < 4.78 is 4.64. The maximum atomic E-state index is 11.1. The fraction of sp³-hybridized carbons (Fsp3) is 0.583. The van der Waals surface area contributed by atoms with Crippen LogP contribution in [0.2, 0.25) is 0 Å². The fourth-order valence-corrected chi connectivity index (χ4v) is 2.09. The number of hydrogen-bond donors (Lipinski definition) is 1. The average Bonchev–Trinajstić information content (AvgIpc) is 2.45. The lowest BCUT2D eigenvalue weighted by molar-refractivity contribution is -0.141. The number of ether oxygens (including phenoxy) is 1. The molecular weight excluding hydrogens is 246 g/mol. The number of anilines is 2. The summed E-state index contributed by atoms with van der Waals surface area (Å²) in [6.07, 6.45) is 1.92. The molecule has 7 heteroatoms. The highest BCUT2D eigenvalue weighted by Gasteiger charge is 2.18. The summed E-state index contributed by atoms with van der Waals surface area (Å²) in [5, 5.41) is 0. The van der Waals surface area contributed by atoms with E-state index >= 15 is 0 Å². The summed E-state index contributed by atoms with van der Waals surface area (Å²) in [6.45, 7) is 4.30. The predicted octanol–water partition coefficient (Wildman–Crippen LogP) is -0.256. The molecular formula is C12H19N5O2. The molecule has 0 aliphatic carbocycles. The number of carbonyl (C=O) groups is 1. The van der Waals surface area contributed by atoms with Gasteiger partial charge in [-0.25, -0.2) is 9.97 Å². The van der Waals surface area contributed by atoms with Gasteiger partial charge in [0.25, 0.3) is 0 Å². The van der Waals surface area contributed by atoms with Gasteiger partial charge in [0.15, 0.2) is 0 Å².